The van der Waals surface area contributed by atoms with Crippen molar-refractivity contribution >= 4 is 53.8 Å². The molecule has 11 heteroatoms. The van der Waals surface area contributed by atoms with Gasteiger partial charge < -0.3 is 5.73 Å². The van der Waals surface area contributed by atoms with E-state index < -0.39 is 35.3 Å². The summed E-state index contributed by atoms with van der Waals surface area (Å²) < 4.78 is 12.4. The van der Waals surface area contributed by atoms with Crippen LogP contribution < -0.4 is 5.73 Å². The fourth-order valence-corrected chi connectivity index (χ4v) is 1.95. The molecule has 3 aromatic carbocycles. The van der Waals surface area contributed by atoms with E-state index in [1.807, 2.05) is 31.2 Å². The van der Waals surface area contributed by atoms with Crippen molar-refractivity contribution in [1.82, 2.24) is 0 Å². The number of nitrogens with two attached hydrogens (primary N) is 1. The van der Waals surface area contributed by atoms with E-state index in [0.717, 1.165) is 23.4 Å². The summed E-state index contributed by atoms with van der Waals surface area (Å²) in [6.07, 6.45) is 0. The van der Waals surface area contributed by atoms with Gasteiger partial charge in [-0.05, 0) is 31.5 Å². The molecule has 164 valence electrons. The molecule has 0 saturated carbocycles. The quantitative estimate of drug-likeness (QED) is 0.169. The van der Waals surface area contributed by atoms with Gasteiger partial charge in [0.05, 0.1) is 9.85 Å². The molecule has 0 amide bonds. The van der Waals surface area contributed by atoms with Crippen molar-refractivity contribution in [2.75, 3.05) is 5.73 Å². The van der Waals surface area contributed by atoms with E-state index in [9.17, 15) is 24.6 Å². The molecule has 31 heavy (non-hydrogen) atoms. The Bertz CT molecular complexity index is 904. The number of nitrogens with zero attached hydrogens (tertiary/aromatic N) is 2. The number of halogens is 3. The van der Waals surface area contributed by atoms with E-state index >= 15 is 0 Å². The van der Waals surface area contributed by atoms with Gasteiger partial charge in [-0.2, -0.15) is 4.39 Å². The van der Waals surface area contributed by atoms with E-state index in [1.165, 1.54) is 18.2 Å². The Labute approximate surface area is 196 Å². The van der Waals surface area contributed by atoms with Gasteiger partial charge >= 0.3 is 42.4 Å². The van der Waals surface area contributed by atoms with Crippen molar-refractivity contribution < 1.29 is 14.2 Å². The Morgan fingerprint density at radius 1 is 0.774 bits per heavy atom. The second-order valence-corrected chi connectivity index (χ2v) is 9.92. The molecule has 3 rings (SSSR count). The van der Waals surface area contributed by atoms with Crippen LogP contribution in [0.1, 0.15) is 11.1 Å². The second kappa shape index (κ2) is 16.3. The first kappa shape index (κ1) is 28.6. The first-order valence-electron chi connectivity index (χ1n) is 8.52. The topological polar surface area (TPSA) is 112 Å². The first-order valence-corrected chi connectivity index (χ1v) is 15.7. The summed E-state index contributed by atoms with van der Waals surface area (Å²) in [5.41, 5.74) is 7.93. The molecule has 0 spiro atoms. The molecule has 3 aromatic rings. The van der Waals surface area contributed by atoms with Crippen LogP contribution in [0.3, 0.4) is 0 Å². The van der Waals surface area contributed by atoms with Crippen molar-refractivity contribution in [2.24, 2.45) is 0 Å². The molecule has 0 fully saturated rings. The van der Waals surface area contributed by atoms with Gasteiger partial charge in [-0.3, -0.25) is 20.2 Å². The zero-order chi connectivity index (χ0) is 23.8. The summed E-state index contributed by atoms with van der Waals surface area (Å²) in [4.78, 5) is 19.1. The summed E-state index contributed by atoms with van der Waals surface area (Å²) in [6, 6.07) is 19.5. The first-order chi connectivity index (χ1) is 14.6. The summed E-state index contributed by atoms with van der Waals surface area (Å²) in [5.74, 6) is -0.799. The van der Waals surface area contributed by atoms with Crippen LogP contribution in [-0.2, 0) is 0 Å². The van der Waals surface area contributed by atoms with Crippen LogP contribution in [0, 0.1) is 39.9 Å². The predicted molar refractivity (Wildman–Crippen MR) is 124 cm³/mol. The average molecular weight is 575 g/mol. The van der Waals surface area contributed by atoms with E-state index in [0.29, 0.717) is 5.56 Å². The second-order valence-electron chi connectivity index (χ2n) is 5.68. The van der Waals surface area contributed by atoms with Crippen LogP contribution >= 0.6 is 17.8 Å². The fourth-order valence-electron chi connectivity index (χ4n) is 1.95. The van der Waals surface area contributed by atoms with E-state index in [2.05, 4.69) is 0 Å². The van der Waals surface area contributed by atoms with Gasteiger partial charge in [0.15, 0.2) is 0 Å². The molecule has 0 atom stereocenters. The third-order valence-corrected chi connectivity index (χ3v) is 3.55. The van der Waals surface area contributed by atoms with Crippen LogP contribution in [0.25, 0.3) is 0 Å². The van der Waals surface area contributed by atoms with Crippen LogP contribution in [0.15, 0.2) is 72.8 Å². The number of rotatable bonds is 2. The molecule has 0 aliphatic heterocycles. The van der Waals surface area contributed by atoms with Crippen molar-refractivity contribution in [1.29, 1.82) is 0 Å². The molecule has 2 radical (unpaired) electrons. The Balaban J connectivity index is 0.000000411. The molecule has 0 aromatic heterocycles. The van der Waals surface area contributed by atoms with Gasteiger partial charge in [0.1, 0.15) is 0 Å². The van der Waals surface area contributed by atoms with E-state index in [1.54, 1.807) is 25.1 Å². The molecule has 0 bridgehead atoms. The van der Waals surface area contributed by atoms with Gasteiger partial charge in [-0.25, -0.2) is 0 Å². The zero-order valence-corrected chi connectivity index (χ0v) is 21.0. The number of anilines is 1. The molecule has 0 saturated heterocycles. The molecular formula is C20H20Cl2FN3O4Sn. The molecule has 0 aliphatic rings. The van der Waals surface area contributed by atoms with Crippen LogP contribution in [0.2, 0.25) is 0 Å². The molecule has 7 nitrogen and oxygen atoms in total. The summed E-state index contributed by atoms with van der Waals surface area (Å²) in [7, 11) is 9.87. The molecular weight excluding hydrogens is 555 g/mol. The number of nitrogen functional groups attached to an aromatic ring is 1. The van der Waals surface area contributed by atoms with Crippen molar-refractivity contribution in [3.63, 3.8) is 0 Å². The average Bonchev–Trinajstić information content (AvgIpc) is 2.72. The number of nitro benzene ring substituents is 2. The van der Waals surface area contributed by atoms with Gasteiger partial charge in [0.25, 0.3) is 5.69 Å². The summed E-state index contributed by atoms with van der Waals surface area (Å²) in [6.45, 7) is 3.72. The van der Waals surface area contributed by atoms with E-state index in [4.69, 9.17) is 23.6 Å². The summed E-state index contributed by atoms with van der Waals surface area (Å²) >= 11 is -0.826. The monoisotopic (exact) mass is 575 g/mol. The van der Waals surface area contributed by atoms with Crippen LogP contribution in [0.4, 0.5) is 21.5 Å². The minimum atomic E-state index is -0.826. The van der Waals surface area contributed by atoms with Crippen molar-refractivity contribution in [3.8, 4) is 0 Å². The Kier molecular flexibility index (Phi) is 15.0. The number of para-hydroxylation sites is 3. The number of nitro groups is 2. The molecule has 0 heterocycles. The maximum atomic E-state index is 12.4. The Hall–Kier alpha value is -2.43. The van der Waals surface area contributed by atoms with Crippen LogP contribution in [0.5, 0.6) is 0 Å². The van der Waals surface area contributed by atoms with Gasteiger partial charge in [-0.15, -0.1) is 0 Å². The van der Waals surface area contributed by atoms with E-state index in [-0.39, 0.29) is 10.6 Å². The molecule has 0 unspecified atom stereocenters. The Morgan fingerprint density at radius 3 is 1.45 bits per heavy atom. The third-order valence-electron chi connectivity index (χ3n) is 3.55. The molecule has 2 N–H and O–H groups in total. The molecule has 0 aliphatic carbocycles. The number of aryl methyl sites for hydroxylation is 2. The minimum absolute atomic E-state index is 0.183. The maximum absolute atomic E-state index is 12.4. The SMILES string of the molecule is Cc1ccccc1N.Cc1ccccc1[N+](=O)[O-].O=[N+]([O-])c1ccccc1F.[Cl][Sn][Cl]. The normalized spacial score (nSPS) is 8.94. The van der Waals surface area contributed by atoms with Gasteiger partial charge in [0, 0.05) is 23.4 Å². The third kappa shape index (κ3) is 12.1. The van der Waals surface area contributed by atoms with Crippen molar-refractivity contribution in [2.45, 2.75) is 13.8 Å². The number of hydrogen-bond donors (Lipinski definition) is 1. The van der Waals surface area contributed by atoms with Gasteiger partial charge in [0.2, 0.25) is 5.82 Å². The summed E-state index contributed by atoms with van der Waals surface area (Å²) in [5, 5.41) is 20.2. The predicted octanol–water partition coefficient (Wildman–Crippen LogP) is 6.21. The standard InChI is InChI=1S/C7H7NO2.C7H9N.C6H4FNO2.2ClH.Sn/c1-6-4-2-3-5-7(6)8(9)10;1-6-4-2-3-5-7(6)8;7-5-3-1-2-4-6(5)8(9)10;;;/h2-5H,1H3;2-5H,8H2,1H3;1-4H;2*1H;/q;;;;;+2/p-2. The van der Waals surface area contributed by atoms with Gasteiger partial charge in [-0.1, -0.05) is 48.5 Å². The fraction of sp³-hybridized carbons (Fsp3) is 0.100. The van der Waals surface area contributed by atoms with Crippen LogP contribution in [-0.4, -0.2) is 28.7 Å². The number of hydrogen-bond acceptors (Lipinski definition) is 5. The Morgan fingerprint density at radius 2 is 1.16 bits per heavy atom. The zero-order valence-electron chi connectivity index (χ0n) is 16.7. The van der Waals surface area contributed by atoms with Crippen molar-refractivity contribution in [3.05, 3.63) is 110 Å². The number of benzene rings is 3.